The molecule has 0 aliphatic carbocycles. The average Bonchev–Trinajstić information content (AvgIpc) is 2.86. The summed E-state index contributed by atoms with van der Waals surface area (Å²) < 4.78 is 41.6. The predicted octanol–water partition coefficient (Wildman–Crippen LogP) is 3.42. The SMILES string of the molecule is Cc1ccc2c(c1)c(=O)cc(C(F)(F)F)n2CC1CCCN1C. The summed E-state index contributed by atoms with van der Waals surface area (Å²) in [7, 11) is 1.93. The van der Waals surface area contributed by atoms with Crippen LogP contribution < -0.4 is 5.43 Å². The zero-order valence-corrected chi connectivity index (χ0v) is 13.2. The lowest BCUT2D eigenvalue weighted by Gasteiger charge is -2.25. The summed E-state index contributed by atoms with van der Waals surface area (Å²) in [5.74, 6) is 0. The van der Waals surface area contributed by atoms with E-state index in [0.717, 1.165) is 31.0 Å². The number of likely N-dealkylation sites (tertiary alicyclic amines) is 1. The normalized spacial score (nSPS) is 19.6. The van der Waals surface area contributed by atoms with Gasteiger partial charge in [-0.25, -0.2) is 0 Å². The van der Waals surface area contributed by atoms with Gasteiger partial charge in [0.15, 0.2) is 5.43 Å². The van der Waals surface area contributed by atoms with Crippen LogP contribution in [0.3, 0.4) is 0 Å². The molecule has 1 atom stereocenters. The van der Waals surface area contributed by atoms with Crippen LogP contribution in [0.5, 0.6) is 0 Å². The first-order valence-electron chi connectivity index (χ1n) is 7.69. The third kappa shape index (κ3) is 3.00. The quantitative estimate of drug-likeness (QED) is 0.846. The van der Waals surface area contributed by atoms with Gasteiger partial charge in [0.2, 0.25) is 0 Å². The van der Waals surface area contributed by atoms with E-state index in [4.69, 9.17) is 0 Å². The number of fused-ring (bicyclic) bond motifs is 1. The first kappa shape index (κ1) is 16.1. The highest BCUT2D eigenvalue weighted by Crippen LogP contribution is 2.32. The van der Waals surface area contributed by atoms with Gasteiger partial charge in [0.25, 0.3) is 0 Å². The maximum atomic E-state index is 13.4. The van der Waals surface area contributed by atoms with Gasteiger partial charge in [-0.2, -0.15) is 13.2 Å². The summed E-state index contributed by atoms with van der Waals surface area (Å²) in [6.07, 6.45) is -2.69. The number of halogens is 3. The van der Waals surface area contributed by atoms with Crippen molar-refractivity contribution in [3.8, 4) is 0 Å². The molecule has 1 fully saturated rings. The van der Waals surface area contributed by atoms with E-state index in [1.165, 1.54) is 4.57 Å². The molecule has 0 saturated carbocycles. The van der Waals surface area contributed by atoms with E-state index in [-0.39, 0.29) is 12.6 Å². The molecule has 2 aromatic rings. The summed E-state index contributed by atoms with van der Waals surface area (Å²) in [5.41, 5.74) is -0.221. The molecule has 0 bridgehead atoms. The average molecular weight is 324 g/mol. The van der Waals surface area contributed by atoms with Crippen LogP contribution in [0, 0.1) is 6.92 Å². The van der Waals surface area contributed by atoms with Gasteiger partial charge in [0, 0.05) is 24.0 Å². The minimum absolute atomic E-state index is 0.0584. The van der Waals surface area contributed by atoms with Gasteiger partial charge in [-0.15, -0.1) is 0 Å². The van der Waals surface area contributed by atoms with Gasteiger partial charge in [-0.3, -0.25) is 4.79 Å². The van der Waals surface area contributed by atoms with Crippen LogP contribution in [0.25, 0.3) is 10.9 Å². The maximum Gasteiger partial charge on any atom is 0.431 e. The molecular weight excluding hydrogens is 305 g/mol. The molecule has 1 aliphatic rings. The number of hydrogen-bond donors (Lipinski definition) is 0. The Kier molecular flexibility index (Phi) is 3.96. The Morgan fingerprint density at radius 3 is 2.61 bits per heavy atom. The smallest absolute Gasteiger partial charge is 0.335 e. The molecule has 0 spiro atoms. The summed E-state index contributed by atoms with van der Waals surface area (Å²) in [5, 5.41) is 0.346. The number of alkyl halides is 3. The fraction of sp³-hybridized carbons (Fsp3) is 0.471. The van der Waals surface area contributed by atoms with Crippen molar-refractivity contribution in [3.05, 3.63) is 45.7 Å². The molecule has 1 aromatic heterocycles. The van der Waals surface area contributed by atoms with E-state index in [1.54, 1.807) is 18.2 Å². The van der Waals surface area contributed by atoms with E-state index >= 15 is 0 Å². The maximum absolute atomic E-state index is 13.4. The molecule has 1 unspecified atom stereocenters. The molecule has 1 aliphatic heterocycles. The summed E-state index contributed by atoms with van der Waals surface area (Å²) >= 11 is 0. The molecule has 124 valence electrons. The largest absolute Gasteiger partial charge is 0.431 e. The lowest BCUT2D eigenvalue weighted by atomic mass is 10.1. The van der Waals surface area contributed by atoms with E-state index in [0.29, 0.717) is 10.9 Å². The Balaban J connectivity index is 2.22. The highest BCUT2D eigenvalue weighted by atomic mass is 19.4. The van der Waals surface area contributed by atoms with Crippen molar-refractivity contribution in [1.82, 2.24) is 9.47 Å². The van der Waals surface area contributed by atoms with Crippen molar-refractivity contribution in [2.75, 3.05) is 13.6 Å². The lowest BCUT2D eigenvalue weighted by molar-refractivity contribution is -0.144. The van der Waals surface area contributed by atoms with E-state index in [1.807, 2.05) is 14.0 Å². The van der Waals surface area contributed by atoms with Crippen LogP contribution in [-0.2, 0) is 12.7 Å². The molecule has 0 N–H and O–H groups in total. The van der Waals surface area contributed by atoms with Gasteiger partial charge < -0.3 is 9.47 Å². The molecule has 2 heterocycles. The van der Waals surface area contributed by atoms with Crippen LogP contribution in [0.2, 0.25) is 0 Å². The lowest BCUT2D eigenvalue weighted by Crippen LogP contribution is -2.32. The van der Waals surface area contributed by atoms with Gasteiger partial charge in [0.05, 0.1) is 5.52 Å². The number of nitrogens with zero attached hydrogens (tertiary/aromatic N) is 2. The van der Waals surface area contributed by atoms with Crippen molar-refractivity contribution in [3.63, 3.8) is 0 Å². The fourth-order valence-electron chi connectivity index (χ4n) is 3.34. The molecule has 0 amide bonds. The van der Waals surface area contributed by atoms with Gasteiger partial charge in [-0.1, -0.05) is 11.6 Å². The Hall–Kier alpha value is -1.82. The Morgan fingerprint density at radius 2 is 2.00 bits per heavy atom. The molecule has 1 saturated heterocycles. The van der Waals surface area contributed by atoms with Crippen LogP contribution in [0.15, 0.2) is 29.1 Å². The van der Waals surface area contributed by atoms with Gasteiger partial charge >= 0.3 is 6.18 Å². The number of rotatable bonds is 2. The number of pyridine rings is 1. The standard InChI is InChI=1S/C17H19F3N2O/c1-11-5-6-14-13(8-11)15(23)9-16(17(18,19)20)22(14)10-12-4-3-7-21(12)2/h5-6,8-9,12H,3-4,7,10H2,1-2H3. The Morgan fingerprint density at radius 1 is 1.26 bits per heavy atom. The fourth-order valence-corrected chi connectivity index (χ4v) is 3.34. The van der Waals surface area contributed by atoms with Crippen LogP contribution in [0.1, 0.15) is 24.1 Å². The molecule has 1 aromatic carbocycles. The Bertz CT molecular complexity index is 795. The van der Waals surface area contributed by atoms with E-state index < -0.39 is 17.3 Å². The second-order valence-corrected chi connectivity index (χ2v) is 6.30. The number of benzene rings is 1. The topological polar surface area (TPSA) is 25.2 Å². The minimum Gasteiger partial charge on any atom is -0.335 e. The van der Waals surface area contributed by atoms with Crippen molar-refractivity contribution in [2.24, 2.45) is 0 Å². The van der Waals surface area contributed by atoms with E-state index in [9.17, 15) is 18.0 Å². The minimum atomic E-state index is -4.55. The predicted molar refractivity (Wildman–Crippen MR) is 83.6 cm³/mol. The zero-order chi connectivity index (χ0) is 16.8. The van der Waals surface area contributed by atoms with Crippen molar-refractivity contribution in [1.29, 1.82) is 0 Å². The zero-order valence-electron chi connectivity index (χ0n) is 13.2. The number of hydrogen-bond acceptors (Lipinski definition) is 2. The first-order chi connectivity index (χ1) is 10.8. The summed E-state index contributed by atoms with van der Waals surface area (Å²) in [6.45, 7) is 2.96. The second kappa shape index (κ2) is 5.67. The molecule has 0 radical (unpaired) electrons. The van der Waals surface area contributed by atoms with Crippen molar-refractivity contribution in [2.45, 2.75) is 38.5 Å². The van der Waals surface area contributed by atoms with Gasteiger partial charge in [-0.05, 0) is 45.5 Å². The summed E-state index contributed by atoms with van der Waals surface area (Å²) in [6, 6.07) is 5.82. The third-order valence-corrected chi connectivity index (χ3v) is 4.62. The monoisotopic (exact) mass is 324 g/mol. The highest BCUT2D eigenvalue weighted by Gasteiger charge is 2.36. The van der Waals surface area contributed by atoms with Crippen molar-refractivity contribution >= 4 is 10.9 Å². The van der Waals surface area contributed by atoms with Crippen molar-refractivity contribution < 1.29 is 13.2 Å². The second-order valence-electron chi connectivity index (χ2n) is 6.30. The molecule has 6 heteroatoms. The number of aromatic nitrogens is 1. The first-order valence-corrected chi connectivity index (χ1v) is 7.69. The van der Waals surface area contributed by atoms with Crippen LogP contribution in [-0.4, -0.2) is 29.1 Å². The Labute approximate surface area is 132 Å². The molecule has 3 nitrogen and oxygen atoms in total. The van der Waals surface area contributed by atoms with Crippen LogP contribution >= 0.6 is 0 Å². The van der Waals surface area contributed by atoms with E-state index in [2.05, 4.69) is 4.90 Å². The highest BCUT2D eigenvalue weighted by molar-refractivity contribution is 5.80. The third-order valence-electron chi connectivity index (χ3n) is 4.62. The molecule has 23 heavy (non-hydrogen) atoms. The molecular formula is C17H19F3N2O. The molecule has 3 rings (SSSR count). The van der Waals surface area contributed by atoms with Crippen LogP contribution in [0.4, 0.5) is 13.2 Å². The number of aryl methyl sites for hydroxylation is 1. The summed E-state index contributed by atoms with van der Waals surface area (Å²) in [4.78, 5) is 14.2. The van der Waals surface area contributed by atoms with Gasteiger partial charge in [0.1, 0.15) is 5.69 Å². The number of likely N-dealkylation sites (N-methyl/N-ethyl adjacent to an activating group) is 1.